The van der Waals surface area contributed by atoms with Crippen LogP contribution >= 0.6 is 0 Å². The summed E-state index contributed by atoms with van der Waals surface area (Å²) in [6.07, 6.45) is 3.39. The van der Waals surface area contributed by atoms with Crippen molar-refractivity contribution in [2.75, 3.05) is 13.2 Å². The van der Waals surface area contributed by atoms with Crippen molar-refractivity contribution in [1.29, 1.82) is 0 Å². The first-order valence-electron chi connectivity index (χ1n) is 9.34. The highest BCUT2D eigenvalue weighted by Crippen LogP contribution is 2.20. The Morgan fingerprint density at radius 2 is 1.97 bits per heavy atom. The number of aromatic nitrogens is 4. The summed E-state index contributed by atoms with van der Waals surface area (Å²) in [4.78, 5) is 17.6. The van der Waals surface area contributed by atoms with Crippen molar-refractivity contribution in [2.45, 2.75) is 26.0 Å². The van der Waals surface area contributed by atoms with Gasteiger partial charge in [0.05, 0.1) is 35.7 Å². The van der Waals surface area contributed by atoms with Crippen molar-refractivity contribution in [3.63, 3.8) is 0 Å². The second-order valence-corrected chi connectivity index (χ2v) is 6.44. The molecule has 154 valence electrons. The molecule has 0 aliphatic rings. The molecule has 11 nitrogen and oxygen atoms in total. The Bertz CT molecular complexity index is 1030. The lowest BCUT2D eigenvalue weighted by Gasteiger charge is -2.06. The number of unbranched alkanes of at least 4 members (excludes halogenated alkanes) is 1. The largest absolute Gasteiger partial charge is 0.375 e. The summed E-state index contributed by atoms with van der Waals surface area (Å²) in [7, 11) is 0. The number of nitrogens with zero attached hydrogens (tertiary/aromatic N) is 8. The summed E-state index contributed by atoms with van der Waals surface area (Å²) in [5.41, 5.74) is 11.3. The van der Waals surface area contributed by atoms with E-state index in [2.05, 4.69) is 25.3 Å². The van der Waals surface area contributed by atoms with E-state index < -0.39 is 4.92 Å². The maximum Gasteiger partial charge on any atom is 0.269 e. The predicted molar refractivity (Wildman–Crippen MR) is 108 cm³/mol. The normalized spacial score (nSPS) is 10.5. The van der Waals surface area contributed by atoms with Gasteiger partial charge in [-0.1, -0.05) is 16.4 Å². The number of hydrogen-bond donors (Lipinski definition) is 0. The maximum atomic E-state index is 10.8. The number of ether oxygens (including phenoxy) is 1. The molecule has 1 aromatic carbocycles. The molecular formula is C19H20N8O3. The van der Waals surface area contributed by atoms with Crippen LogP contribution in [-0.2, 0) is 17.9 Å². The lowest BCUT2D eigenvalue weighted by Crippen LogP contribution is -2.05. The fourth-order valence-electron chi connectivity index (χ4n) is 2.73. The van der Waals surface area contributed by atoms with Crippen LogP contribution in [0, 0.1) is 10.1 Å². The zero-order chi connectivity index (χ0) is 21.2. The van der Waals surface area contributed by atoms with Gasteiger partial charge in [-0.25, -0.2) is 4.68 Å². The Kier molecular flexibility index (Phi) is 7.42. The van der Waals surface area contributed by atoms with Gasteiger partial charge in [0.25, 0.3) is 5.69 Å². The number of benzene rings is 1. The number of nitro groups is 1. The second-order valence-electron chi connectivity index (χ2n) is 6.44. The third kappa shape index (κ3) is 6.09. The molecule has 3 aromatic rings. The predicted octanol–water partition coefficient (Wildman–Crippen LogP) is 3.90. The molecule has 0 saturated heterocycles. The molecule has 3 rings (SSSR count). The molecule has 0 amide bonds. The van der Waals surface area contributed by atoms with Gasteiger partial charge in [-0.15, -0.1) is 5.10 Å². The number of hydrogen-bond acceptors (Lipinski definition) is 7. The van der Waals surface area contributed by atoms with Crippen LogP contribution in [0.15, 0.2) is 53.8 Å². The molecule has 2 heterocycles. The first kappa shape index (κ1) is 20.9. The monoisotopic (exact) mass is 408 g/mol. The standard InChI is InChI=1S/C19H20N8O3/c20-24-21-10-1-2-11-30-14-17-5-3-4-16(22-17)12-26-13-19(23-25-26)15-6-8-18(9-7-15)27(28)29/h3-9,13H,1-2,10-12,14H2. The van der Waals surface area contributed by atoms with E-state index in [9.17, 15) is 10.1 Å². The van der Waals surface area contributed by atoms with Crippen LogP contribution in [-0.4, -0.2) is 38.1 Å². The van der Waals surface area contributed by atoms with Crippen LogP contribution in [0.5, 0.6) is 0 Å². The fourth-order valence-corrected chi connectivity index (χ4v) is 2.73. The fraction of sp³-hybridized carbons (Fsp3) is 0.316. The number of pyridine rings is 1. The van der Waals surface area contributed by atoms with Crippen molar-refractivity contribution in [1.82, 2.24) is 20.0 Å². The molecule has 0 N–H and O–H groups in total. The van der Waals surface area contributed by atoms with Gasteiger partial charge in [-0.2, -0.15) is 0 Å². The quantitative estimate of drug-likeness (QED) is 0.117. The lowest BCUT2D eigenvalue weighted by molar-refractivity contribution is -0.384. The molecule has 0 saturated carbocycles. The van der Waals surface area contributed by atoms with Gasteiger partial charge >= 0.3 is 0 Å². The van der Waals surface area contributed by atoms with Gasteiger partial charge in [-0.05, 0) is 42.6 Å². The Balaban J connectivity index is 1.53. The first-order valence-corrected chi connectivity index (χ1v) is 9.34. The summed E-state index contributed by atoms with van der Waals surface area (Å²) >= 11 is 0. The molecule has 0 spiro atoms. The van der Waals surface area contributed by atoms with Gasteiger partial charge < -0.3 is 4.74 Å². The van der Waals surface area contributed by atoms with Crippen LogP contribution in [0.25, 0.3) is 21.7 Å². The van der Waals surface area contributed by atoms with E-state index in [1.807, 2.05) is 18.2 Å². The lowest BCUT2D eigenvalue weighted by atomic mass is 10.1. The first-order chi connectivity index (χ1) is 14.7. The van der Waals surface area contributed by atoms with Gasteiger partial charge in [0, 0.05) is 35.8 Å². The van der Waals surface area contributed by atoms with E-state index in [4.69, 9.17) is 10.3 Å². The summed E-state index contributed by atoms with van der Waals surface area (Å²) in [5.74, 6) is 0. The zero-order valence-corrected chi connectivity index (χ0v) is 16.2. The van der Waals surface area contributed by atoms with Crippen molar-refractivity contribution >= 4 is 5.69 Å². The number of rotatable bonds is 11. The average Bonchev–Trinajstić information content (AvgIpc) is 3.22. The number of non-ortho nitro benzene ring substituents is 1. The minimum Gasteiger partial charge on any atom is -0.375 e. The topological polar surface area (TPSA) is 145 Å². The molecule has 2 aromatic heterocycles. The van der Waals surface area contributed by atoms with Crippen LogP contribution in [0.3, 0.4) is 0 Å². The minimum absolute atomic E-state index is 0.0325. The van der Waals surface area contributed by atoms with E-state index in [1.54, 1.807) is 23.0 Å². The molecule has 0 aliphatic carbocycles. The van der Waals surface area contributed by atoms with Crippen LogP contribution in [0.1, 0.15) is 24.2 Å². The SMILES string of the molecule is [N-]=[N+]=NCCCCOCc1cccc(Cn2cc(-c3ccc([N+](=O)[O-])cc3)nn2)n1. The molecular weight excluding hydrogens is 388 g/mol. The highest BCUT2D eigenvalue weighted by molar-refractivity contribution is 5.59. The van der Waals surface area contributed by atoms with Crippen molar-refractivity contribution in [3.05, 3.63) is 80.6 Å². The zero-order valence-electron chi connectivity index (χ0n) is 16.2. The van der Waals surface area contributed by atoms with E-state index >= 15 is 0 Å². The highest BCUT2D eigenvalue weighted by atomic mass is 16.6. The summed E-state index contributed by atoms with van der Waals surface area (Å²) in [6, 6.07) is 11.9. The Morgan fingerprint density at radius 3 is 2.73 bits per heavy atom. The number of nitro benzene ring substituents is 1. The van der Waals surface area contributed by atoms with Crippen molar-refractivity contribution in [2.24, 2.45) is 5.11 Å². The molecule has 0 radical (unpaired) electrons. The Morgan fingerprint density at radius 1 is 1.17 bits per heavy atom. The molecule has 0 fully saturated rings. The second kappa shape index (κ2) is 10.6. The molecule has 0 atom stereocenters. The molecule has 0 unspecified atom stereocenters. The summed E-state index contributed by atoms with van der Waals surface area (Å²) < 4.78 is 7.28. The number of azide groups is 1. The van der Waals surface area contributed by atoms with Crippen LogP contribution < -0.4 is 0 Å². The van der Waals surface area contributed by atoms with E-state index in [1.165, 1.54) is 12.1 Å². The molecule has 0 bridgehead atoms. The van der Waals surface area contributed by atoms with E-state index in [0.717, 1.165) is 29.8 Å². The molecule has 30 heavy (non-hydrogen) atoms. The van der Waals surface area contributed by atoms with Crippen LogP contribution in [0.2, 0.25) is 0 Å². The van der Waals surface area contributed by atoms with Gasteiger partial charge in [-0.3, -0.25) is 15.1 Å². The minimum atomic E-state index is -0.438. The Hall–Kier alpha value is -3.82. The Labute approximate surface area is 172 Å². The van der Waals surface area contributed by atoms with Gasteiger partial charge in [0.15, 0.2) is 0 Å². The summed E-state index contributed by atoms with van der Waals surface area (Å²) in [6.45, 7) is 1.91. The average molecular weight is 408 g/mol. The van der Waals surface area contributed by atoms with Crippen LogP contribution in [0.4, 0.5) is 5.69 Å². The van der Waals surface area contributed by atoms with E-state index in [0.29, 0.717) is 32.0 Å². The molecule has 11 heteroatoms. The van der Waals surface area contributed by atoms with Gasteiger partial charge in [0.1, 0.15) is 5.69 Å². The van der Waals surface area contributed by atoms with Gasteiger partial charge in [0.2, 0.25) is 0 Å². The van der Waals surface area contributed by atoms with E-state index in [-0.39, 0.29) is 5.69 Å². The van der Waals surface area contributed by atoms with Crippen molar-refractivity contribution in [3.8, 4) is 11.3 Å². The maximum absolute atomic E-state index is 10.8. The third-order valence-corrected chi connectivity index (χ3v) is 4.21. The summed E-state index contributed by atoms with van der Waals surface area (Å²) in [5, 5.41) is 22.5. The van der Waals surface area contributed by atoms with Crippen molar-refractivity contribution < 1.29 is 9.66 Å². The smallest absolute Gasteiger partial charge is 0.269 e. The third-order valence-electron chi connectivity index (χ3n) is 4.21. The highest BCUT2D eigenvalue weighted by Gasteiger charge is 2.09. The molecule has 0 aliphatic heterocycles.